The summed E-state index contributed by atoms with van der Waals surface area (Å²) in [4.78, 5) is 17.3. The average Bonchev–Trinajstić information content (AvgIpc) is 3.12. The Morgan fingerprint density at radius 1 is 0.931 bits per heavy atom. The van der Waals surface area contributed by atoms with E-state index in [4.69, 9.17) is 0 Å². The SMILES string of the molecule is O=C(c1cccc(F)c1)N(/N=C/c1ccc(F)cc1)c1nc2ccc(F)cc2s1. The number of carbonyl (C=O) groups is 1. The third-order valence-corrected chi connectivity index (χ3v) is 4.97. The molecule has 4 rings (SSSR count). The summed E-state index contributed by atoms with van der Waals surface area (Å²) in [6, 6.07) is 14.8. The van der Waals surface area contributed by atoms with Crippen LogP contribution in [0.25, 0.3) is 10.2 Å². The first-order valence-corrected chi connectivity index (χ1v) is 9.27. The zero-order valence-electron chi connectivity index (χ0n) is 14.7. The first-order valence-electron chi connectivity index (χ1n) is 8.45. The molecule has 0 aliphatic rings. The van der Waals surface area contributed by atoms with E-state index in [0.29, 0.717) is 15.8 Å². The Morgan fingerprint density at radius 3 is 2.41 bits per heavy atom. The van der Waals surface area contributed by atoms with E-state index < -0.39 is 23.4 Å². The van der Waals surface area contributed by atoms with Crippen molar-refractivity contribution in [3.63, 3.8) is 0 Å². The summed E-state index contributed by atoms with van der Waals surface area (Å²) in [6.45, 7) is 0. The van der Waals surface area contributed by atoms with E-state index in [9.17, 15) is 18.0 Å². The van der Waals surface area contributed by atoms with Crippen molar-refractivity contribution in [1.29, 1.82) is 0 Å². The highest BCUT2D eigenvalue weighted by Gasteiger charge is 2.21. The highest BCUT2D eigenvalue weighted by molar-refractivity contribution is 7.22. The van der Waals surface area contributed by atoms with Crippen molar-refractivity contribution in [2.75, 3.05) is 5.01 Å². The van der Waals surface area contributed by atoms with Crippen molar-refractivity contribution in [1.82, 2.24) is 4.98 Å². The first-order chi connectivity index (χ1) is 14.0. The molecule has 0 aliphatic carbocycles. The van der Waals surface area contributed by atoms with Crippen LogP contribution in [0.4, 0.5) is 18.3 Å². The number of carbonyl (C=O) groups excluding carboxylic acids is 1. The Kier molecular flexibility index (Phi) is 5.09. The highest BCUT2D eigenvalue weighted by Crippen LogP contribution is 2.30. The van der Waals surface area contributed by atoms with Gasteiger partial charge in [0.05, 0.1) is 16.4 Å². The van der Waals surface area contributed by atoms with Gasteiger partial charge in [-0.3, -0.25) is 4.79 Å². The number of hydrogen-bond donors (Lipinski definition) is 0. The maximum Gasteiger partial charge on any atom is 0.280 e. The number of amides is 1. The van der Waals surface area contributed by atoms with Gasteiger partial charge in [-0.15, -0.1) is 0 Å². The molecule has 0 saturated heterocycles. The van der Waals surface area contributed by atoms with Crippen molar-refractivity contribution in [3.8, 4) is 0 Å². The molecule has 0 radical (unpaired) electrons. The van der Waals surface area contributed by atoms with E-state index in [1.165, 1.54) is 66.9 Å². The molecule has 29 heavy (non-hydrogen) atoms. The molecule has 144 valence electrons. The number of anilines is 1. The molecule has 0 bridgehead atoms. The zero-order chi connectivity index (χ0) is 20.4. The van der Waals surface area contributed by atoms with Crippen LogP contribution < -0.4 is 5.01 Å². The van der Waals surface area contributed by atoms with Crippen molar-refractivity contribution in [2.45, 2.75) is 0 Å². The monoisotopic (exact) mass is 411 g/mol. The smallest absolute Gasteiger partial charge is 0.267 e. The summed E-state index contributed by atoms with van der Waals surface area (Å²) >= 11 is 1.07. The van der Waals surface area contributed by atoms with Crippen LogP contribution in [0.1, 0.15) is 15.9 Å². The van der Waals surface area contributed by atoms with Gasteiger partial charge in [-0.2, -0.15) is 10.1 Å². The molecule has 4 nitrogen and oxygen atoms in total. The van der Waals surface area contributed by atoms with Crippen LogP contribution in [0.5, 0.6) is 0 Å². The Hall–Kier alpha value is -3.52. The second kappa shape index (κ2) is 7.84. The van der Waals surface area contributed by atoms with Gasteiger partial charge in [0.25, 0.3) is 5.91 Å². The van der Waals surface area contributed by atoms with E-state index in [2.05, 4.69) is 10.1 Å². The minimum atomic E-state index is -0.609. The quantitative estimate of drug-likeness (QED) is 0.334. The van der Waals surface area contributed by atoms with Crippen molar-refractivity contribution in [2.24, 2.45) is 5.10 Å². The van der Waals surface area contributed by atoms with E-state index in [1.807, 2.05) is 0 Å². The van der Waals surface area contributed by atoms with Gasteiger partial charge >= 0.3 is 0 Å². The Labute approximate surface area is 167 Å². The predicted octanol–water partition coefficient (Wildman–Crippen LogP) is 5.39. The van der Waals surface area contributed by atoms with Gasteiger partial charge in [0.1, 0.15) is 17.5 Å². The molecule has 4 aromatic rings. The summed E-state index contributed by atoms with van der Waals surface area (Å²) in [7, 11) is 0. The lowest BCUT2D eigenvalue weighted by molar-refractivity contribution is 0.0987. The van der Waals surface area contributed by atoms with E-state index >= 15 is 0 Å². The molecule has 0 aliphatic heterocycles. The fourth-order valence-electron chi connectivity index (χ4n) is 2.58. The van der Waals surface area contributed by atoms with Gasteiger partial charge < -0.3 is 0 Å². The molecule has 1 amide bonds. The van der Waals surface area contributed by atoms with Crippen LogP contribution in [0.15, 0.2) is 71.8 Å². The Balaban J connectivity index is 1.76. The lowest BCUT2D eigenvalue weighted by atomic mass is 10.2. The zero-order valence-corrected chi connectivity index (χ0v) is 15.5. The maximum atomic E-state index is 13.6. The molecule has 0 saturated carbocycles. The molecule has 3 aromatic carbocycles. The number of aromatic nitrogens is 1. The largest absolute Gasteiger partial charge is 0.280 e. The number of halogens is 3. The molecular weight excluding hydrogens is 399 g/mol. The van der Waals surface area contributed by atoms with Gasteiger partial charge in [0.15, 0.2) is 0 Å². The van der Waals surface area contributed by atoms with Gasteiger partial charge in [0.2, 0.25) is 5.13 Å². The van der Waals surface area contributed by atoms with Gasteiger partial charge in [0, 0.05) is 5.56 Å². The van der Waals surface area contributed by atoms with Gasteiger partial charge in [-0.1, -0.05) is 29.5 Å². The van der Waals surface area contributed by atoms with Crippen LogP contribution >= 0.6 is 11.3 Å². The standard InChI is InChI=1S/C21H12F3N3OS/c22-15-6-4-13(5-7-15)12-25-27(20(28)14-2-1-3-16(23)10-14)21-26-18-9-8-17(24)11-19(18)29-21/h1-12H/b25-12+. The van der Waals surface area contributed by atoms with Crippen LogP contribution in [-0.4, -0.2) is 17.1 Å². The Bertz CT molecular complexity index is 1220. The summed E-state index contributed by atoms with van der Waals surface area (Å²) in [5.41, 5.74) is 1.13. The molecule has 0 atom stereocenters. The summed E-state index contributed by atoms with van der Waals surface area (Å²) in [5.74, 6) is -2.00. The lowest BCUT2D eigenvalue weighted by Gasteiger charge is -2.13. The van der Waals surface area contributed by atoms with E-state index in [-0.39, 0.29) is 10.7 Å². The van der Waals surface area contributed by atoms with E-state index in [1.54, 1.807) is 0 Å². The molecule has 0 fully saturated rings. The van der Waals surface area contributed by atoms with Crippen LogP contribution in [0.2, 0.25) is 0 Å². The second-order valence-corrected chi connectivity index (χ2v) is 7.04. The number of nitrogens with zero attached hydrogens (tertiary/aromatic N) is 3. The fourth-order valence-corrected chi connectivity index (χ4v) is 3.53. The third-order valence-electron chi connectivity index (χ3n) is 3.98. The van der Waals surface area contributed by atoms with Crippen LogP contribution in [0.3, 0.4) is 0 Å². The second-order valence-electron chi connectivity index (χ2n) is 6.03. The van der Waals surface area contributed by atoms with Crippen molar-refractivity contribution < 1.29 is 18.0 Å². The molecule has 1 heterocycles. The molecule has 0 N–H and O–H groups in total. The fraction of sp³-hybridized carbons (Fsp3) is 0. The minimum absolute atomic E-state index is 0.0756. The first kappa shape index (κ1) is 18.8. The average molecular weight is 411 g/mol. The van der Waals surface area contributed by atoms with Crippen molar-refractivity contribution >= 4 is 38.8 Å². The van der Waals surface area contributed by atoms with Crippen molar-refractivity contribution in [3.05, 3.63) is 95.3 Å². The third kappa shape index (κ3) is 4.17. The van der Waals surface area contributed by atoms with Gasteiger partial charge in [-0.05, 0) is 54.1 Å². The maximum absolute atomic E-state index is 13.6. The number of hydrogen-bond acceptors (Lipinski definition) is 4. The number of thiazole rings is 1. The topological polar surface area (TPSA) is 45.6 Å². The number of rotatable bonds is 4. The molecule has 0 unspecified atom stereocenters. The highest BCUT2D eigenvalue weighted by atomic mass is 32.1. The number of hydrazone groups is 1. The molecule has 1 aromatic heterocycles. The predicted molar refractivity (Wildman–Crippen MR) is 107 cm³/mol. The van der Waals surface area contributed by atoms with Gasteiger partial charge in [-0.25, -0.2) is 18.2 Å². The molecule has 0 spiro atoms. The van der Waals surface area contributed by atoms with Crippen LogP contribution in [-0.2, 0) is 0 Å². The summed E-state index contributed by atoms with van der Waals surface area (Å²) in [5, 5.41) is 5.39. The number of benzene rings is 3. The normalized spacial score (nSPS) is 11.3. The lowest BCUT2D eigenvalue weighted by Crippen LogP contribution is -2.25. The summed E-state index contributed by atoms with van der Waals surface area (Å²) < 4.78 is 40.7. The minimum Gasteiger partial charge on any atom is -0.267 e. The van der Waals surface area contributed by atoms with E-state index in [0.717, 1.165) is 22.4 Å². The summed E-state index contributed by atoms with van der Waals surface area (Å²) in [6.07, 6.45) is 1.36. The number of fused-ring (bicyclic) bond motifs is 1. The molecular formula is C21H12F3N3OS. The van der Waals surface area contributed by atoms with Crippen LogP contribution in [0, 0.1) is 17.5 Å². The molecule has 8 heteroatoms. The Morgan fingerprint density at radius 2 is 1.66 bits per heavy atom.